The Morgan fingerprint density at radius 3 is 2.50 bits per heavy atom. The predicted octanol–water partition coefficient (Wildman–Crippen LogP) is -0.394. The van der Waals surface area contributed by atoms with E-state index in [9.17, 15) is 4.79 Å². The van der Waals surface area contributed by atoms with Crippen molar-refractivity contribution in [1.82, 2.24) is 19.6 Å². The maximum Gasteiger partial charge on any atom is 0.266 e. The summed E-state index contributed by atoms with van der Waals surface area (Å²) >= 11 is 0. The number of piperazine rings is 1. The average Bonchev–Trinajstić information content (AvgIpc) is 2.42. The molecule has 20 heavy (non-hydrogen) atoms. The highest BCUT2D eigenvalue weighted by atomic mass is 16.1. The molecule has 0 amide bonds. The van der Waals surface area contributed by atoms with Crippen molar-refractivity contribution >= 4 is 5.82 Å². The molecule has 6 nitrogen and oxygen atoms in total. The number of aromatic nitrogens is 2. The summed E-state index contributed by atoms with van der Waals surface area (Å²) in [7, 11) is 1.70. The Morgan fingerprint density at radius 1 is 1.20 bits per heavy atom. The lowest BCUT2D eigenvalue weighted by Crippen LogP contribution is -2.63. The van der Waals surface area contributed by atoms with Crippen molar-refractivity contribution in [2.24, 2.45) is 7.05 Å². The lowest BCUT2D eigenvalue weighted by Gasteiger charge is -2.48. The van der Waals surface area contributed by atoms with E-state index in [1.807, 2.05) is 6.07 Å². The van der Waals surface area contributed by atoms with Crippen molar-refractivity contribution in [2.45, 2.75) is 13.0 Å². The van der Waals surface area contributed by atoms with Crippen LogP contribution < -0.4 is 10.5 Å². The van der Waals surface area contributed by atoms with Gasteiger partial charge in [0.15, 0.2) is 0 Å². The monoisotopic (exact) mass is 277 g/mol. The van der Waals surface area contributed by atoms with Crippen LogP contribution in [0.2, 0.25) is 0 Å². The third-order valence-corrected chi connectivity index (χ3v) is 4.50. The minimum atomic E-state index is -0.0542. The van der Waals surface area contributed by atoms with Gasteiger partial charge in [0.25, 0.3) is 5.56 Å². The smallest absolute Gasteiger partial charge is 0.266 e. The first-order chi connectivity index (χ1) is 9.67. The van der Waals surface area contributed by atoms with Gasteiger partial charge >= 0.3 is 0 Å². The molecule has 2 fully saturated rings. The van der Waals surface area contributed by atoms with E-state index in [4.69, 9.17) is 0 Å². The van der Waals surface area contributed by atoms with Gasteiger partial charge < -0.3 is 9.80 Å². The zero-order valence-electron chi connectivity index (χ0n) is 12.3. The summed E-state index contributed by atoms with van der Waals surface area (Å²) in [5.74, 6) is 0.913. The summed E-state index contributed by atoms with van der Waals surface area (Å²) in [4.78, 5) is 18.7. The quantitative estimate of drug-likeness (QED) is 0.753. The van der Waals surface area contributed by atoms with Gasteiger partial charge in [-0.2, -0.15) is 5.10 Å². The second kappa shape index (κ2) is 5.54. The molecule has 3 heterocycles. The van der Waals surface area contributed by atoms with Gasteiger partial charge in [0.2, 0.25) is 0 Å². The van der Waals surface area contributed by atoms with Crippen molar-refractivity contribution in [2.75, 3.05) is 50.7 Å². The SMILES string of the molecule is CCN1CCN(C2CN(c3ccc(=O)n(C)n3)C2)CC1. The Labute approximate surface area is 119 Å². The number of anilines is 1. The second-order valence-electron chi connectivity index (χ2n) is 5.68. The number of likely N-dealkylation sites (N-methyl/N-ethyl adjacent to an activating group) is 1. The lowest BCUT2D eigenvalue weighted by molar-refractivity contribution is 0.0858. The van der Waals surface area contributed by atoms with Crippen LogP contribution in [0.15, 0.2) is 16.9 Å². The van der Waals surface area contributed by atoms with E-state index in [0.717, 1.165) is 25.5 Å². The van der Waals surface area contributed by atoms with Gasteiger partial charge in [-0.05, 0) is 12.6 Å². The first-order valence-electron chi connectivity index (χ1n) is 7.43. The van der Waals surface area contributed by atoms with Crippen LogP contribution >= 0.6 is 0 Å². The second-order valence-corrected chi connectivity index (χ2v) is 5.68. The number of aryl methyl sites for hydroxylation is 1. The van der Waals surface area contributed by atoms with E-state index < -0.39 is 0 Å². The molecule has 0 unspecified atom stereocenters. The molecule has 6 heteroatoms. The zero-order valence-corrected chi connectivity index (χ0v) is 12.3. The van der Waals surface area contributed by atoms with E-state index in [1.165, 1.54) is 30.9 Å². The summed E-state index contributed by atoms with van der Waals surface area (Å²) in [5, 5.41) is 4.30. The molecule has 0 radical (unpaired) electrons. The van der Waals surface area contributed by atoms with Crippen LogP contribution in [0.5, 0.6) is 0 Å². The van der Waals surface area contributed by atoms with Gasteiger partial charge in [-0.3, -0.25) is 9.69 Å². The highest BCUT2D eigenvalue weighted by Gasteiger charge is 2.34. The fraction of sp³-hybridized carbons (Fsp3) is 0.714. The van der Waals surface area contributed by atoms with Crippen LogP contribution in [0.25, 0.3) is 0 Å². The van der Waals surface area contributed by atoms with E-state index >= 15 is 0 Å². The lowest BCUT2D eigenvalue weighted by atomic mass is 10.1. The molecule has 3 rings (SSSR count). The van der Waals surface area contributed by atoms with Crippen molar-refractivity contribution in [3.8, 4) is 0 Å². The van der Waals surface area contributed by atoms with Crippen LogP contribution in [0.4, 0.5) is 5.82 Å². The topological polar surface area (TPSA) is 44.6 Å². The number of hydrogen-bond acceptors (Lipinski definition) is 5. The fourth-order valence-electron chi connectivity index (χ4n) is 2.98. The molecule has 0 spiro atoms. The number of nitrogens with zero attached hydrogens (tertiary/aromatic N) is 5. The molecular formula is C14H23N5O. The van der Waals surface area contributed by atoms with Gasteiger partial charge in [-0.25, -0.2) is 4.68 Å². The Morgan fingerprint density at radius 2 is 1.90 bits per heavy atom. The molecule has 2 aliphatic heterocycles. The Balaban J connectivity index is 1.53. The molecule has 0 N–H and O–H groups in total. The third-order valence-electron chi connectivity index (χ3n) is 4.50. The van der Waals surface area contributed by atoms with Crippen molar-refractivity contribution in [1.29, 1.82) is 0 Å². The Bertz CT molecular complexity index is 515. The largest absolute Gasteiger partial charge is 0.352 e. The highest BCUT2D eigenvalue weighted by Crippen LogP contribution is 2.21. The van der Waals surface area contributed by atoms with Crippen LogP contribution in [-0.4, -0.2) is 71.4 Å². The van der Waals surface area contributed by atoms with Gasteiger partial charge in [-0.1, -0.05) is 6.92 Å². The summed E-state index contributed by atoms with van der Waals surface area (Å²) < 4.78 is 1.41. The van der Waals surface area contributed by atoms with Crippen molar-refractivity contribution < 1.29 is 0 Å². The average molecular weight is 277 g/mol. The maximum atomic E-state index is 11.3. The van der Waals surface area contributed by atoms with E-state index in [2.05, 4.69) is 26.7 Å². The van der Waals surface area contributed by atoms with Crippen LogP contribution in [0, 0.1) is 0 Å². The molecule has 1 aromatic heterocycles. The van der Waals surface area contributed by atoms with E-state index in [0.29, 0.717) is 6.04 Å². The van der Waals surface area contributed by atoms with Gasteiger partial charge in [0.1, 0.15) is 5.82 Å². The molecule has 0 bridgehead atoms. The van der Waals surface area contributed by atoms with Crippen LogP contribution in [0.1, 0.15) is 6.92 Å². The van der Waals surface area contributed by atoms with E-state index in [1.54, 1.807) is 13.1 Å². The molecule has 2 saturated heterocycles. The minimum absolute atomic E-state index is 0.0542. The first kappa shape index (κ1) is 13.6. The predicted molar refractivity (Wildman–Crippen MR) is 79.2 cm³/mol. The summed E-state index contributed by atoms with van der Waals surface area (Å²) in [6, 6.07) is 4.07. The van der Waals surface area contributed by atoms with Crippen molar-refractivity contribution in [3.63, 3.8) is 0 Å². The summed E-state index contributed by atoms with van der Waals surface area (Å²) in [5.41, 5.74) is -0.0542. The first-order valence-corrected chi connectivity index (χ1v) is 7.43. The molecule has 0 aromatic carbocycles. The molecule has 0 atom stereocenters. The molecule has 1 aromatic rings. The number of hydrogen-bond donors (Lipinski definition) is 0. The summed E-state index contributed by atoms with van der Waals surface area (Å²) in [6.07, 6.45) is 0. The van der Waals surface area contributed by atoms with Gasteiger partial charge in [0.05, 0.1) is 0 Å². The molecule has 110 valence electrons. The molecule has 2 aliphatic rings. The zero-order chi connectivity index (χ0) is 14.1. The standard InChI is InChI=1S/C14H23N5O/c1-3-17-6-8-18(9-7-17)12-10-19(11-12)13-4-5-14(20)16(2)15-13/h4-5,12H,3,6-11H2,1-2H3. The minimum Gasteiger partial charge on any atom is -0.352 e. The summed E-state index contributed by atoms with van der Waals surface area (Å²) in [6.45, 7) is 10.2. The molecule has 0 saturated carbocycles. The van der Waals surface area contributed by atoms with E-state index in [-0.39, 0.29) is 5.56 Å². The normalized spacial score (nSPS) is 22.0. The van der Waals surface area contributed by atoms with Gasteiger partial charge in [0, 0.05) is 58.4 Å². The van der Waals surface area contributed by atoms with Gasteiger partial charge in [-0.15, -0.1) is 0 Å². The van der Waals surface area contributed by atoms with Crippen LogP contribution in [-0.2, 0) is 7.05 Å². The Hall–Kier alpha value is -1.40. The molecular weight excluding hydrogens is 254 g/mol. The molecule has 0 aliphatic carbocycles. The van der Waals surface area contributed by atoms with Crippen molar-refractivity contribution in [3.05, 3.63) is 22.5 Å². The third kappa shape index (κ3) is 2.58. The maximum absolute atomic E-state index is 11.3. The number of rotatable bonds is 3. The van der Waals surface area contributed by atoms with Crippen LogP contribution in [0.3, 0.4) is 0 Å². The highest BCUT2D eigenvalue weighted by molar-refractivity contribution is 5.41. The Kier molecular flexibility index (Phi) is 3.76. The fourth-order valence-corrected chi connectivity index (χ4v) is 2.98.